The van der Waals surface area contributed by atoms with E-state index in [0.29, 0.717) is 73.9 Å². The number of alkyl carbamates (subject to hydrolysis) is 1. The maximum absolute atomic E-state index is 15.0. The number of hydrogen-bond acceptors (Lipinski definition) is 12. The molecule has 3 fully saturated rings. The summed E-state index contributed by atoms with van der Waals surface area (Å²) in [6, 6.07) is 9.37. The average molecular weight is 957 g/mol. The number of allylic oxidation sites excluding steroid dienone is 1. The molecule has 1 aromatic heterocycles. The van der Waals surface area contributed by atoms with Crippen LogP contribution in [0.5, 0.6) is 17.4 Å². The van der Waals surface area contributed by atoms with Crippen molar-refractivity contribution < 1.29 is 59.7 Å². The van der Waals surface area contributed by atoms with E-state index >= 15 is 4.79 Å². The number of benzene rings is 2. The van der Waals surface area contributed by atoms with E-state index in [1.807, 2.05) is 26.8 Å². The van der Waals surface area contributed by atoms with E-state index in [1.165, 1.54) is 18.9 Å². The summed E-state index contributed by atoms with van der Waals surface area (Å²) in [5.74, 6) is -2.34. The Morgan fingerprint density at radius 2 is 1.69 bits per heavy atom. The number of fused-ring (bicyclic) bond motifs is 3. The van der Waals surface area contributed by atoms with Crippen molar-refractivity contribution in [3.63, 3.8) is 0 Å². The molecule has 3 heterocycles. The van der Waals surface area contributed by atoms with Gasteiger partial charge in [0, 0.05) is 24.0 Å². The van der Waals surface area contributed by atoms with Crippen molar-refractivity contribution in [3.8, 4) is 28.8 Å². The lowest BCUT2D eigenvalue weighted by Crippen LogP contribution is -2.59. The van der Waals surface area contributed by atoms with Crippen molar-refractivity contribution in [3.05, 3.63) is 54.6 Å². The van der Waals surface area contributed by atoms with Crippen molar-refractivity contribution in [2.24, 2.45) is 17.8 Å². The Balaban J connectivity index is 1.26. The number of methoxy groups -OCH3 is 1. The Bertz CT molecular complexity index is 2530. The summed E-state index contributed by atoms with van der Waals surface area (Å²) in [5, 5.41) is 5.69. The maximum atomic E-state index is 15.0. The van der Waals surface area contributed by atoms with Crippen LogP contribution < -0.4 is 29.6 Å². The van der Waals surface area contributed by atoms with Crippen molar-refractivity contribution in [1.82, 2.24) is 30.2 Å². The number of carbonyl (C=O) groups excluding carboxylic acids is 4. The molecular weight excluding hydrogens is 898 g/mol. The van der Waals surface area contributed by atoms with Gasteiger partial charge in [0.25, 0.3) is 5.91 Å². The van der Waals surface area contributed by atoms with E-state index in [-0.39, 0.29) is 43.1 Å². The molecule has 2 aliphatic heterocycles. The van der Waals surface area contributed by atoms with E-state index in [2.05, 4.69) is 15.4 Å². The molecule has 1 saturated heterocycles. The summed E-state index contributed by atoms with van der Waals surface area (Å²) in [6.45, 7) is 10.1. The molecule has 3 aromatic rings. The SMILES string of the molecule is COc1ccc2c(OC3CC4C(=O)NC5(C(=O)NS(=O)(=O)C6(C)CC6)CC5C=CCCC(C)CC(C)C(NC(=O)OC(C)(C)C(F)(F)F)C(=O)N4C3)nc(-c3ccc(OC(C)C)cc3)nc2c1. The molecule has 67 heavy (non-hydrogen) atoms. The van der Waals surface area contributed by atoms with Crippen LogP contribution in [0.25, 0.3) is 22.3 Å². The summed E-state index contributed by atoms with van der Waals surface area (Å²) < 4.78 is 92.2. The largest absolute Gasteiger partial charge is 0.497 e. The predicted octanol–water partition coefficient (Wildman–Crippen LogP) is 6.76. The number of amides is 4. The summed E-state index contributed by atoms with van der Waals surface area (Å²) in [7, 11) is -2.61. The monoisotopic (exact) mass is 956 g/mol. The smallest absolute Gasteiger partial charge is 0.427 e. The number of rotatable bonds is 11. The molecule has 20 heteroatoms. The number of ether oxygens (including phenoxy) is 4. The zero-order chi connectivity index (χ0) is 48.9. The fraction of sp³-hybridized carbons (Fsp3) is 0.574. The van der Waals surface area contributed by atoms with Gasteiger partial charge in [-0.05, 0) is 121 Å². The van der Waals surface area contributed by atoms with Crippen molar-refractivity contribution >= 4 is 44.7 Å². The van der Waals surface area contributed by atoms with Crippen LogP contribution in [-0.2, 0) is 29.1 Å². The van der Waals surface area contributed by atoms with E-state index in [0.717, 1.165) is 0 Å². The molecule has 364 valence electrons. The Morgan fingerprint density at radius 1 is 1.00 bits per heavy atom. The van der Waals surface area contributed by atoms with Crippen LogP contribution in [0.3, 0.4) is 0 Å². The molecule has 16 nitrogen and oxygen atoms in total. The molecule has 0 bridgehead atoms. The van der Waals surface area contributed by atoms with Crippen LogP contribution in [0.1, 0.15) is 93.4 Å². The molecule has 7 unspecified atom stereocenters. The lowest BCUT2D eigenvalue weighted by Gasteiger charge is -2.34. The molecule has 2 aliphatic carbocycles. The second kappa shape index (κ2) is 18.4. The number of nitrogens with zero attached hydrogens (tertiary/aromatic N) is 3. The van der Waals surface area contributed by atoms with Gasteiger partial charge in [-0.3, -0.25) is 19.1 Å². The first-order valence-electron chi connectivity index (χ1n) is 22.6. The number of halogens is 3. The third-order valence-electron chi connectivity index (χ3n) is 13.2. The summed E-state index contributed by atoms with van der Waals surface area (Å²) >= 11 is 0. The van der Waals surface area contributed by atoms with Gasteiger partial charge in [-0.25, -0.2) is 18.2 Å². The minimum atomic E-state index is -4.94. The molecule has 7 rings (SSSR count). The number of carbonyl (C=O) groups is 4. The molecule has 4 amide bonds. The Morgan fingerprint density at radius 3 is 2.33 bits per heavy atom. The molecule has 7 atom stereocenters. The highest BCUT2D eigenvalue weighted by atomic mass is 32.2. The highest BCUT2D eigenvalue weighted by Gasteiger charge is 2.63. The number of aromatic nitrogens is 2. The minimum absolute atomic E-state index is 0.0599. The molecule has 3 N–H and O–H groups in total. The molecular formula is C47H59F3N6O10S. The van der Waals surface area contributed by atoms with Gasteiger partial charge in [-0.2, -0.15) is 18.2 Å². The van der Waals surface area contributed by atoms with Crippen LogP contribution in [0, 0.1) is 17.8 Å². The molecule has 0 spiro atoms. The van der Waals surface area contributed by atoms with Crippen LogP contribution in [0.4, 0.5) is 18.0 Å². The van der Waals surface area contributed by atoms with Gasteiger partial charge >= 0.3 is 12.3 Å². The second-order valence-electron chi connectivity index (χ2n) is 19.4. The Kier molecular flexibility index (Phi) is 13.6. The number of alkyl halides is 3. The van der Waals surface area contributed by atoms with Gasteiger partial charge in [-0.15, -0.1) is 0 Å². The first kappa shape index (κ1) is 49.3. The van der Waals surface area contributed by atoms with Gasteiger partial charge in [-0.1, -0.05) is 26.0 Å². The standard InChI is InChI=1S/C47H59F3N6O10S/c1-26(2)64-31-15-13-29(14-16-31)38-51-35-22-32(63-8)17-18-34(35)40(53-38)65-33-23-36-39(57)54-46(42(59)55-67(61,62)45(7)19-20-45)24-30(46)12-10-9-11-27(3)21-28(4)37(41(58)56(36)25-33)52-43(60)66-44(5,6)47(48,49)50/h10,12-18,22,26-28,30,33,36-37H,9,11,19-21,23-25H2,1-8H3,(H,52,60)(H,54,57)(H,55,59). The zero-order valence-electron chi connectivity index (χ0n) is 38.9. The lowest BCUT2D eigenvalue weighted by atomic mass is 9.88. The van der Waals surface area contributed by atoms with Crippen LogP contribution >= 0.6 is 0 Å². The van der Waals surface area contributed by atoms with E-state index in [9.17, 15) is 36.0 Å². The van der Waals surface area contributed by atoms with Gasteiger partial charge in [0.2, 0.25) is 33.3 Å². The van der Waals surface area contributed by atoms with Crippen LogP contribution in [0.15, 0.2) is 54.6 Å². The fourth-order valence-electron chi connectivity index (χ4n) is 8.58. The third-order valence-corrected chi connectivity index (χ3v) is 15.3. The molecule has 2 saturated carbocycles. The first-order valence-corrected chi connectivity index (χ1v) is 24.1. The number of hydrogen-bond donors (Lipinski definition) is 3. The first-order chi connectivity index (χ1) is 31.3. The van der Waals surface area contributed by atoms with Crippen LogP contribution in [-0.4, -0.2) is 107 Å². The summed E-state index contributed by atoms with van der Waals surface area (Å²) in [4.78, 5) is 68.0. The van der Waals surface area contributed by atoms with Crippen molar-refractivity contribution in [2.45, 2.75) is 140 Å². The van der Waals surface area contributed by atoms with Crippen molar-refractivity contribution in [2.75, 3.05) is 13.7 Å². The molecule has 2 aromatic carbocycles. The number of nitrogens with one attached hydrogen (secondary N) is 3. The Hall–Kier alpha value is -5.66. The molecule has 4 aliphatic rings. The van der Waals surface area contributed by atoms with Gasteiger partial charge in [0.05, 0.1) is 35.4 Å². The molecule has 0 radical (unpaired) electrons. The quantitative estimate of drug-likeness (QED) is 0.171. The highest BCUT2D eigenvalue weighted by molar-refractivity contribution is 7.91. The highest BCUT2D eigenvalue weighted by Crippen LogP contribution is 2.48. The van der Waals surface area contributed by atoms with Crippen LogP contribution in [0.2, 0.25) is 0 Å². The van der Waals surface area contributed by atoms with E-state index in [4.69, 9.17) is 28.9 Å². The average Bonchev–Trinajstić information content (AvgIpc) is 4.13. The third kappa shape index (κ3) is 10.6. The predicted molar refractivity (Wildman–Crippen MR) is 240 cm³/mol. The second-order valence-corrected chi connectivity index (χ2v) is 21.6. The van der Waals surface area contributed by atoms with E-state index in [1.54, 1.807) is 55.5 Å². The van der Waals surface area contributed by atoms with Crippen molar-refractivity contribution in [1.29, 1.82) is 0 Å². The van der Waals surface area contributed by atoms with Gasteiger partial charge in [0.15, 0.2) is 5.82 Å². The minimum Gasteiger partial charge on any atom is -0.497 e. The fourth-order valence-corrected chi connectivity index (χ4v) is 9.89. The summed E-state index contributed by atoms with van der Waals surface area (Å²) in [6.07, 6.45) is -1.72. The number of sulfonamides is 1. The van der Waals surface area contributed by atoms with Gasteiger partial charge < -0.3 is 34.5 Å². The lowest BCUT2D eigenvalue weighted by molar-refractivity contribution is -0.244. The zero-order valence-corrected chi connectivity index (χ0v) is 39.7. The van der Waals surface area contributed by atoms with Gasteiger partial charge in [0.1, 0.15) is 35.2 Å². The topological polar surface area (TPSA) is 204 Å². The van der Waals surface area contributed by atoms with E-state index < -0.39 is 85.9 Å². The maximum Gasteiger partial charge on any atom is 0.427 e. The normalized spacial score (nSPS) is 26.6. The summed E-state index contributed by atoms with van der Waals surface area (Å²) in [5.41, 5.74) is -3.53. The Labute approximate surface area is 388 Å².